The van der Waals surface area contributed by atoms with Gasteiger partial charge in [-0.3, -0.25) is 4.68 Å². The molecule has 0 radical (unpaired) electrons. The highest BCUT2D eigenvalue weighted by Gasteiger charge is 2.25. The first-order chi connectivity index (χ1) is 5.52. The summed E-state index contributed by atoms with van der Waals surface area (Å²) in [5, 5.41) is 2.60. The Balaban J connectivity index is 3.17. The molecule has 0 bridgehead atoms. The van der Waals surface area contributed by atoms with Gasteiger partial charge in [-0.1, -0.05) is 0 Å². The lowest BCUT2D eigenvalue weighted by molar-refractivity contribution is -0.255. The Morgan fingerprint density at radius 1 is 1.75 bits per heavy atom. The minimum atomic E-state index is -2.76. The molecule has 1 rings (SSSR count). The minimum absolute atomic E-state index is 0.192. The van der Waals surface area contributed by atoms with E-state index in [-0.39, 0.29) is 5.56 Å². The Hall–Kier alpha value is -0.970. The molecule has 0 spiro atoms. The second-order valence-electron chi connectivity index (χ2n) is 2.19. The second kappa shape index (κ2) is 3.18. The summed E-state index contributed by atoms with van der Waals surface area (Å²) in [6, 6.07) is 0. The molecule has 0 aromatic carbocycles. The van der Waals surface area contributed by atoms with E-state index < -0.39 is 17.4 Å². The highest BCUT2D eigenvalue weighted by Crippen LogP contribution is 2.20. The Bertz CT molecular complexity index is 310. The molecule has 0 amide bonds. The zero-order valence-electron chi connectivity index (χ0n) is 6.12. The lowest BCUT2D eigenvalue weighted by atomic mass is 10.3. The topological polar surface area (TPSA) is 34.9 Å². The van der Waals surface area contributed by atoms with Gasteiger partial charge in [-0.05, 0) is 0 Å². The number of aryl methyl sites for hydroxylation is 1. The Kier molecular flexibility index (Phi) is 2.42. The normalized spacial score (nSPS) is 10.8. The maximum atomic E-state index is 12.1. The average Bonchev–Trinajstić information content (AvgIpc) is 2.31. The van der Waals surface area contributed by atoms with Crippen molar-refractivity contribution >= 4 is 5.24 Å². The number of hydrogen-bond donors (Lipinski definition) is 0. The second-order valence-corrected chi connectivity index (χ2v) is 2.56. The summed E-state index contributed by atoms with van der Waals surface area (Å²) in [4.78, 5) is 10.6. The number of carbonyl (C=O) groups is 1. The summed E-state index contributed by atoms with van der Waals surface area (Å²) in [5.74, 6) is 0. The number of nitrogens with zero attached hydrogens (tertiary/aromatic N) is 2. The third-order valence-corrected chi connectivity index (χ3v) is 1.50. The van der Waals surface area contributed by atoms with Crippen LogP contribution in [0.3, 0.4) is 0 Å². The monoisotopic (exact) mass is 195 g/mol. The van der Waals surface area contributed by atoms with Crippen LogP contribution < -0.4 is 0 Å². The minimum Gasteiger partial charge on any atom is -0.274 e. The third kappa shape index (κ3) is 1.61. The molecule has 0 aliphatic rings. The molecule has 1 aromatic rings. The van der Waals surface area contributed by atoms with E-state index in [4.69, 9.17) is 0 Å². The maximum Gasteiger partial charge on any atom is 0.434 e. The number of aromatic nitrogens is 2. The summed E-state index contributed by atoms with van der Waals surface area (Å²) in [5.41, 5.74) is -0.736. The van der Waals surface area contributed by atoms with Gasteiger partial charge < -0.3 is 0 Å². The molecule has 0 N–H and O–H groups in total. The Morgan fingerprint density at radius 3 is 2.67 bits per heavy atom. The van der Waals surface area contributed by atoms with Gasteiger partial charge >= 0.3 is 5.24 Å². The van der Waals surface area contributed by atoms with Gasteiger partial charge in [0.25, 0.3) is 6.43 Å². The van der Waals surface area contributed by atoms with Crippen LogP contribution in [-0.2, 0) is 7.05 Å². The van der Waals surface area contributed by atoms with E-state index in [2.05, 4.69) is 16.7 Å². The van der Waals surface area contributed by atoms with Crippen molar-refractivity contribution in [3.05, 3.63) is 17.5 Å². The summed E-state index contributed by atoms with van der Waals surface area (Å²) in [6.07, 6.45) is -1.57. The molecule has 0 saturated heterocycles. The maximum absolute atomic E-state index is 12.1. The SMILES string of the molecule is Cn1cc(C(=O)[ClH+])c(C(F)F)n1. The molecule has 1 aromatic heterocycles. The molecular weight excluding hydrogens is 190 g/mol. The summed E-state index contributed by atoms with van der Waals surface area (Å²) in [6.45, 7) is 0. The van der Waals surface area contributed by atoms with Crippen LogP contribution in [0, 0.1) is 11.6 Å². The van der Waals surface area contributed by atoms with Crippen molar-refractivity contribution in [2.24, 2.45) is 7.05 Å². The van der Waals surface area contributed by atoms with Crippen LogP contribution in [0.15, 0.2) is 6.20 Å². The van der Waals surface area contributed by atoms with Crippen LogP contribution in [-0.4, -0.2) is 15.0 Å². The van der Waals surface area contributed by atoms with Crippen LogP contribution in [0.1, 0.15) is 22.5 Å². The lowest BCUT2D eigenvalue weighted by Crippen LogP contribution is -1.97. The Labute approximate surface area is 71.9 Å². The van der Waals surface area contributed by atoms with E-state index >= 15 is 0 Å². The Morgan fingerprint density at radius 2 is 2.33 bits per heavy atom. The van der Waals surface area contributed by atoms with Gasteiger partial charge in [0.1, 0.15) is 11.3 Å². The molecule has 0 aliphatic heterocycles. The van der Waals surface area contributed by atoms with Crippen LogP contribution >= 0.6 is 0 Å². The fourth-order valence-electron chi connectivity index (χ4n) is 0.824. The van der Waals surface area contributed by atoms with Crippen molar-refractivity contribution in [2.45, 2.75) is 6.43 Å². The van der Waals surface area contributed by atoms with Crippen molar-refractivity contribution in [1.29, 1.82) is 0 Å². The highest BCUT2D eigenvalue weighted by atomic mass is 35.5. The largest absolute Gasteiger partial charge is 0.434 e. The molecule has 0 aliphatic carbocycles. The van der Waals surface area contributed by atoms with Gasteiger partial charge in [-0.25, -0.2) is 13.6 Å². The van der Waals surface area contributed by atoms with Gasteiger partial charge in [-0.2, -0.15) is 5.10 Å². The average molecular weight is 196 g/mol. The van der Waals surface area contributed by atoms with Crippen LogP contribution in [0.25, 0.3) is 0 Å². The van der Waals surface area contributed by atoms with E-state index in [1.165, 1.54) is 13.2 Å². The first kappa shape index (κ1) is 9.12. The third-order valence-electron chi connectivity index (χ3n) is 1.28. The van der Waals surface area contributed by atoms with Gasteiger partial charge in [0.2, 0.25) is 0 Å². The van der Waals surface area contributed by atoms with E-state index in [0.29, 0.717) is 0 Å². The predicted molar refractivity (Wildman–Crippen MR) is 33.9 cm³/mol. The lowest BCUT2D eigenvalue weighted by Gasteiger charge is -1.91. The van der Waals surface area contributed by atoms with Crippen molar-refractivity contribution in [3.8, 4) is 0 Å². The van der Waals surface area contributed by atoms with E-state index in [0.717, 1.165) is 4.68 Å². The van der Waals surface area contributed by atoms with Crippen LogP contribution in [0.4, 0.5) is 8.78 Å². The standard InChI is InChI=1S/C6H6ClF2N2O/c1-11-2-3(5(7)12)4(10-11)6(8)9/h2,6-7H,1H3/q+1. The quantitative estimate of drug-likeness (QED) is 0.654. The van der Waals surface area contributed by atoms with Crippen molar-refractivity contribution in [2.75, 3.05) is 0 Å². The molecule has 6 heteroatoms. The summed E-state index contributed by atoms with van der Waals surface area (Å²) >= 11 is 4.24. The highest BCUT2D eigenvalue weighted by molar-refractivity contribution is 5.86. The van der Waals surface area contributed by atoms with E-state index in [9.17, 15) is 13.6 Å². The predicted octanol–water partition coefficient (Wildman–Crippen LogP) is 0.779. The first-order valence-corrected chi connectivity index (χ1v) is 3.46. The molecule has 66 valence electrons. The van der Waals surface area contributed by atoms with Crippen molar-refractivity contribution < 1.29 is 25.2 Å². The fourth-order valence-corrected chi connectivity index (χ4v) is 0.981. The zero-order chi connectivity index (χ0) is 9.30. The van der Waals surface area contributed by atoms with Gasteiger partial charge in [-0.15, -0.1) is 0 Å². The molecular formula is C6H6ClF2N2O+. The zero-order valence-corrected chi connectivity index (χ0v) is 6.94. The number of carbonyl (C=O) groups excluding carboxylic acids is 1. The van der Waals surface area contributed by atoms with Crippen LogP contribution in [0.5, 0.6) is 0 Å². The molecule has 0 fully saturated rings. The van der Waals surface area contributed by atoms with E-state index in [1.54, 1.807) is 0 Å². The molecule has 12 heavy (non-hydrogen) atoms. The van der Waals surface area contributed by atoms with Gasteiger partial charge in [0.15, 0.2) is 11.6 Å². The van der Waals surface area contributed by atoms with Crippen molar-refractivity contribution in [3.63, 3.8) is 0 Å². The molecule has 0 unspecified atom stereocenters. The summed E-state index contributed by atoms with van der Waals surface area (Å²) < 4.78 is 25.4. The molecule has 3 nitrogen and oxygen atoms in total. The molecule has 1 heterocycles. The fraction of sp³-hybridized carbons (Fsp3) is 0.333. The van der Waals surface area contributed by atoms with Gasteiger partial charge in [0, 0.05) is 13.2 Å². The number of rotatable bonds is 2. The molecule has 0 atom stereocenters. The van der Waals surface area contributed by atoms with Crippen molar-refractivity contribution in [1.82, 2.24) is 9.78 Å². The number of halogens is 3. The number of alkyl halides is 2. The van der Waals surface area contributed by atoms with E-state index in [1.807, 2.05) is 0 Å². The van der Waals surface area contributed by atoms with Gasteiger partial charge in [0.05, 0.1) is 0 Å². The summed E-state index contributed by atoms with van der Waals surface area (Å²) in [7, 11) is 1.45. The first-order valence-electron chi connectivity index (χ1n) is 3.05. The van der Waals surface area contributed by atoms with Crippen LogP contribution in [0.2, 0.25) is 0 Å². The smallest absolute Gasteiger partial charge is 0.274 e. The number of hydrogen-bond acceptors (Lipinski definition) is 2. The molecule has 0 saturated carbocycles.